The molecule has 1 unspecified atom stereocenters. The number of nitrogens with one attached hydrogen (secondary N) is 2. The van der Waals surface area contributed by atoms with Gasteiger partial charge >= 0.3 is 0 Å². The SMILES string of the molecule is CCNC(=NCCNc1ccc2ccccc2n1)N(C)CC1CCOC1.I. The summed E-state index contributed by atoms with van der Waals surface area (Å²) in [4.78, 5) is 11.6. The number of para-hydroxylation sites is 1. The summed E-state index contributed by atoms with van der Waals surface area (Å²) in [7, 11) is 2.10. The Bertz CT molecular complexity index is 733. The summed E-state index contributed by atoms with van der Waals surface area (Å²) >= 11 is 0. The summed E-state index contributed by atoms with van der Waals surface area (Å²) in [6, 6.07) is 12.3. The fraction of sp³-hybridized carbons (Fsp3) is 0.500. The third-order valence-corrected chi connectivity index (χ3v) is 4.53. The van der Waals surface area contributed by atoms with Crippen LogP contribution in [0.1, 0.15) is 13.3 Å². The van der Waals surface area contributed by atoms with Gasteiger partial charge in [-0.2, -0.15) is 0 Å². The number of benzene rings is 1. The molecule has 0 radical (unpaired) electrons. The number of fused-ring (bicyclic) bond motifs is 1. The first-order valence-corrected chi connectivity index (χ1v) is 9.43. The molecule has 2 N–H and O–H groups in total. The van der Waals surface area contributed by atoms with Crippen LogP contribution in [0.3, 0.4) is 0 Å². The Balaban J connectivity index is 0.00000261. The zero-order chi connectivity index (χ0) is 18.2. The summed E-state index contributed by atoms with van der Waals surface area (Å²) in [6.45, 7) is 7.13. The van der Waals surface area contributed by atoms with Crippen LogP contribution in [-0.4, -0.2) is 62.3 Å². The van der Waals surface area contributed by atoms with Gasteiger partial charge in [-0.15, -0.1) is 24.0 Å². The number of ether oxygens (including phenoxy) is 1. The zero-order valence-electron chi connectivity index (χ0n) is 16.1. The second-order valence-corrected chi connectivity index (χ2v) is 6.66. The first-order valence-electron chi connectivity index (χ1n) is 9.43. The fourth-order valence-corrected chi connectivity index (χ4v) is 3.18. The van der Waals surface area contributed by atoms with E-state index in [1.165, 1.54) is 0 Å². The van der Waals surface area contributed by atoms with Crippen LogP contribution in [0.4, 0.5) is 5.82 Å². The second kappa shape index (κ2) is 11.3. The monoisotopic (exact) mass is 483 g/mol. The maximum Gasteiger partial charge on any atom is 0.193 e. The lowest BCUT2D eigenvalue weighted by Gasteiger charge is -2.24. The second-order valence-electron chi connectivity index (χ2n) is 6.66. The summed E-state index contributed by atoms with van der Waals surface area (Å²) in [5, 5.41) is 7.89. The van der Waals surface area contributed by atoms with Crippen LogP contribution < -0.4 is 10.6 Å². The van der Waals surface area contributed by atoms with E-state index in [0.29, 0.717) is 12.5 Å². The first kappa shape index (κ1) is 21.7. The van der Waals surface area contributed by atoms with Crippen molar-refractivity contribution in [1.29, 1.82) is 0 Å². The van der Waals surface area contributed by atoms with E-state index in [1.54, 1.807) is 0 Å². The normalized spacial score (nSPS) is 16.8. The summed E-state index contributed by atoms with van der Waals surface area (Å²) in [5.41, 5.74) is 1.01. The molecule has 3 rings (SSSR count). The molecule has 0 saturated carbocycles. The first-order chi connectivity index (χ1) is 12.8. The van der Waals surface area contributed by atoms with Gasteiger partial charge in [0.05, 0.1) is 18.7 Å². The molecule has 0 aliphatic carbocycles. The highest BCUT2D eigenvalue weighted by Gasteiger charge is 2.18. The molecule has 148 valence electrons. The third kappa shape index (κ3) is 6.49. The van der Waals surface area contributed by atoms with Crippen molar-refractivity contribution in [2.45, 2.75) is 13.3 Å². The van der Waals surface area contributed by atoms with Gasteiger partial charge in [0, 0.05) is 44.6 Å². The Morgan fingerprint density at radius 1 is 1.30 bits per heavy atom. The fourth-order valence-electron chi connectivity index (χ4n) is 3.18. The number of rotatable bonds is 7. The van der Waals surface area contributed by atoms with Crippen LogP contribution in [0.15, 0.2) is 41.4 Å². The molecule has 1 aliphatic heterocycles. The average molecular weight is 483 g/mol. The molecule has 1 aromatic heterocycles. The number of hydrogen-bond donors (Lipinski definition) is 2. The molecule has 7 heteroatoms. The molecular formula is C20H30IN5O. The van der Waals surface area contributed by atoms with Crippen molar-refractivity contribution < 1.29 is 4.74 Å². The van der Waals surface area contributed by atoms with Gasteiger partial charge in [0.25, 0.3) is 0 Å². The van der Waals surface area contributed by atoms with E-state index in [2.05, 4.69) is 46.6 Å². The Kier molecular flexibility index (Phi) is 9.06. The Morgan fingerprint density at radius 2 is 2.15 bits per heavy atom. The highest BCUT2D eigenvalue weighted by Crippen LogP contribution is 2.14. The average Bonchev–Trinajstić information content (AvgIpc) is 3.17. The van der Waals surface area contributed by atoms with E-state index in [-0.39, 0.29) is 24.0 Å². The molecule has 27 heavy (non-hydrogen) atoms. The van der Waals surface area contributed by atoms with Crippen molar-refractivity contribution in [3.63, 3.8) is 0 Å². The number of aromatic nitrogens is 1. The van der Waals surface area contributed by atoms with E-state index < -0.39 is 0 Å². The number of nitrogens with zero attached hydrogens (tertiary/aromatic N) is 3. The van der Waals surface area contributed by atoms with E-state index >= 15 is 0 Å². The molecule has 2 heterocycles. The van der Waals surface area contributed by atoms with Crippen LogP contribution in [0.5, 0.6) is 0 Å². The van der Waals surface area contributed by atoms with Crippen molar-refractivity contribution in [3.05, 3.63) is 36.4 Å². The van der Waals surface area contributed by atoms with E-state index in [4.69, 9.17) is 9.73 Å². The molecule has 2 aromatic rings. The number of pyridine rings is 1. The van der Waals surface area contributed by atoms with E-state index in [0.717, 1.165) is 61.9 Å². The summed E-state index contributed by atoms with van der Waals surface area (Å²) < 4.78 is 5.47. The molecule has 6 nitrogen and oxygen atoms in total. The number of anilines is 1. The third-order valence-electron chi connectivity index (χ3n) is 4.53. The highest BCUT2D eigenvalue weighted by atomic mass is 127. The van der Waals surface area contributed by atoms with Gasteiger partial charge in [0.2, 0.25) is 0 Å². The van der Waals surface area contributed by atoms with Crippen molar-refractivity contribution in [1.82, 2.24) is 15.2 Å². The van der Waals surface area contributed by atoms with Crippen molar-refractivity contribution in [2.75, 3.05) is 51.8 Å². The molecule has 0 spiro atoms. The van der Waals surface area contributed by atoms with Gasteiger partial charge in [-0.25, -0.2) is 4.98 Å². The lowest BCUT2D eigenvalue weighted by molar-refractivity contribution is 0.181. The predicted octanol–water partition coefficient (Wildman–Crippen LogP) is 3.20. The lowest BCUT2D eigenvalue weighted by atomic mass is 10.1. The predicted molar refractivity (Wildman–Crippen MR) is 123 cm³/mol. The summed E-state index contributed by atoms with van der Waals surface area (Å²) in [6.07, 6.45) is 1.14. The minimum atomic E-state index is 0. The molecule has 1 aromatic carbocycles. The van der Waals surface area contributed by atoms with Gasteiger partial charge in [-0.1, -0.05) is 18.2 Å². The minimum absolute atomic E-state index is 0. The lowest BCUT2D eigenvalue weighted by Crippen LogP contribution is -2.41. The standard InChI is InChI=1S/C20H29N5O.HI/c1-3-21-20(25(2)14-16-10-13-26-15-16)23-12-11-22-19-9-8-17-6-4-5-7-18(17)24-19;/h4-9,16H,3,10-15H2,1-2H3,(H,21,23)(H,22,24);1H. The maximum absolute atomic E-state index is 5.47. The van der Waals surface area contributed by atoms with Crippen LogP contribution in [0, 0.1) is 5.92 Å². The molecule has 1 saturated heterocycles. The highest BCUT2D eigenvalue weighted by molar-refractivity contribution is 14.0. The molecule has 1 fully saturated rings. The minimum Gasteiger partial charge on any atom is -0.381 e. The Labute approximate surface area is 178 Å². The van der Waals surface area contributed by atoms with E-state index in [1.807, 2.05) is 24.3 Å². The largest absolute Gasteiger partial charge is 0.381 e. The Morgan fingerprint density at radius 3 is 2.93 bits per heavy atom. The zero-order valence-corrected chi connectivity index (χ0v) is 18.5. The van der Waals surface area contributed by atoms with Crippen molar-refractivity contribution in [3.8, 4) is 0 Å². The van der Waals surface area contributed by atoms with E-state index in [9.17, 15) is 0 Å². The maximum atomic E-state index is 5.47. The molecule has 1 atom stereocenters. The topological polar surface area (TPSA) is 61.8 Å². The van der Waals surface area contributed by atoms with Gasteiger partial charge in [0.1, 0.15) is 5.82 Å². The van der Waals surface area contributed by atoms with Crippen molar-refractivity contribution in [2.24, 2.45) is 10.9 Å². The van der Waals surface area contributed by atoms with Gasteiger partial charge in [-0.05, 0) is 31.5 Å². The quantitative estimate of drug-likeness (QED) is 0.274. The van der Waals surface area contributed by atoms with Gasteiger partial charge < -0.3 is 20.3 Å². The molecule has 0 amide bonds. The van der Waals surface area contributed by atoms with Crippen molar-refractivity contribution >= 4 is 46.7 Å². The van der Waals surface area contributed by atoms with Gasteiger partial charge in [0.15, 0.2) is 5.96 Å². The number of aliphatic imine (C=N–C) groups is 1. The van der Waals surface area contributed by atoms with Gasteiger partial charge in [-0.3, -0.25) is 4.99 Å². The molecular weight excluding hydrogens is 453 g/mol. The number of guanidine groups is 1. The summed E-state index contributed by atoms with van der Waals surface area (Å²) in [5.74, 6) is 2.44. The molecule has 0 bridgehead atoms. The smallest absolute Gasteiger partial charge is 0.193 e. The number of halogens is 1. The van der Waals surface area contributed by atoms with Crippen LogP contribution in [0.2, 0.25) is 0 Å². The number of hydrogen-bond acceptors (Lipinski definition) is 4. The molecule has 1 aliphatic rings. The Hall–Kier alpha value is -1.61. The van der Waals surface area contributed by atoms with Crippen LogP contribution >= 0.6 is 24.0 Å². The van der Waals surface area contributed by atoms with Crippen LogP contribution in [0.25, 0.3) is 10.9 Å². The van der Waals surface area contributed by atoms with Crippen LogP contribution in [-0.2, 0) is 4.74 Å².